The summed E-state index contributed by atoms with van der Waals surface area (Å²) >= 11 is 0. The van der Waals surface area contributed by atoms with Crippen LogP contribution in [0.4, 0.5) is 5.82 Å². The third-order valence-corrected chi connectivity index (χ3v) is 4.61. The first-order chi connectivity index (χ1) is 13.4. The zero-order valence-electron chi connectivity index (χ0n) is 17.6. The summed E-state index contributed by atoms with van der Waals surface area (Å²) in [6.45, 7) is 10.6. The number of benzene rings is 3. The van der Waals surface area contributed by atoms with Gasteiger partial charge in [-0.3, -0.25) is 0 Å². The Hall–Kier alpha value is -2.94. The molecule has 0 unspecified atom stereocenters. The molecule has 0 bridgehead atoms. The van der Waals surface area contributed by atoms with Gasteiger partial charge in [-0.1, -0.05) is 81.8 Å². The molecule has 0 saturated heterocycles. The lowest BCUT2D eigenvalue weighted by atomic mass is 10.1. The van der Waals surface area contributed by atoms with E-state index >= 15 is 0 Å². The van der Waals surface area contributed by atoms with Crippen LogP contribution in [0.1, 0.15) is 38.4 Å². The summed E-state index contributed by atoms with van der Waals surface area (Å²) < 4.78 is 0. The summed E-state index contributed by atoms with van der Waals surface area (Å²) in [6.07, 6.45) is 1.31. The van der Waals surface area contributed by atoms with Gasteiger partial charge in [0.05, 0.1) is 16.7 Å². The third-order valence-electron chi connectivity index (χ3n) is 4.61. The van der Waals surface area contributed by atoms with Gasteiger partial charge in [0.2, 0.25) is 0 Å². The highest BCUT2D eigenvalue weighted by Gasteiger charge is 1.99. The van der Waals surface area contributed by atoms with Crippen LogP contribution in [0.5, 0.6) is 0 Å². The molecule has 1 aromatic heterocycles. The molecule has 0 atom stereocenters. The molecule has 0 aliphatic heterocycles. The molecule has 3 nitrogen and oxygen atoms in total. The number of hydrogen-bond acceptors (Lipinski definition) is 3. The van der Waals surface area contributed by atoms with Crippen LogP contribution >= 0.6 is 0 Å². The Morgan fingerprint density at radius 3 is 1.93 bits per heavy atom. The molecule has 0 spiro atoms. The van der Waals surface area contributed by atoms with Crippen molar-refractivity contribution in [1.29, 1.82) is 0 Å². The number of para-hydroxylation sites is 2. The van der Waals surface area contributed by atoms with Crippen LogP contribution in [-0.4, -0.2) is 9.97 Å². The molecule has 4 rings (SSSR count). The van der Waals surface area contributed by atoms with Crippen molar-refractivity contribution >= 4 is 27.6 Å². The van der Waals surface area contributed by atoms with Crippen molar-refractivity contribution in [3.63, 3.8) is 0 Å². The van der Waals surface area contributed by atoms with Gasteiger partial charge in [0.15, 0.2) is 0 Å². The number of nitrogens with two attached hydrogens (primary N) is 1. The topological polar surface area (TPSA) is 51.8 Å². The molecule has 0 aliphatic carbocycles. The molecular weight excluding hydrogens is 342 g/mol. The Labute approximate surface area is 168 Å². The fourth-order valence-electron chi connectivity index (χ4n) is 2.49. The average molecular weight is 374 g/mol. The monoisotopic (exact) mass is 373 g/mol. The van der Waals surface area contributed by atoms with Crippen molar-refractivity contribution < 1.29 is 0 Å². The standard InChI is InChI=1S/C11H10.C9H9N3.C5H12/c1-9-5-4-7-10-6-2-3-8-11(9)10;1-6-9(10)12-8-5-3-2-4-7(8)11-6;1-4-5(2)3/h2-8H,1H3;2-5H,1H3,(H2,10,12);5H,4H2,1-3H3. The van der Waals surface area contributed by atoms with Gasteiger partial charge in [-0.2, -0.15) is 0 Å². The van der Waals surface area contributed by atoms with Crippen LogP contribution in [0, 0.1) is 19.8 Å². The smallest absolute Gasteiger partial charge is 0.145 e. The Balaban J connectivity index is 0.000000164. The summed E-state index contributed by atoms with van der Waals surface area (Å²) in [5.41, 5.74) is 9.49. The Kier molecular flexibility index (Phi) is 7.94. The van der Waals surface area contributed by atoms with E-state index in [0.29, 0.717) is 5.82 Å². The van der Waals surface area contributed by atoms with E-state index in [-0.39, 0.29) is 0 Å². The molecule has 0 saturated carbocycles. The fraction of sp³-hybridized carbons (Fsp3) is 0.280. The second-order valence-electron chi connectivity index (χ2n) is 7.28. The van der Waals surface area contributed by atoms with Gasteiger partial charge in [0, 0.05) is 0 Å². The van der Waals surface area contributed by atoms with Crippen molar-refractivity contribution in [3.8, 4) is 0 Å². The molecular formula is C25H31N3. The minimum Gasteiger partial charge on any atom is -0.382 e. The largest absolute Gasteiger partial charge is 0.382 e. The van der Waals surface area contributed by atoms with E-state index < -0.39 is 0 Å². The second kappa shape index (κ2) is 10.4. The highest BCUT2D eigenvalue weighted by molar-refractivity contribution is 5.85. The van der Waals surface area contributed by atoms with E-state index in [0.717, 1.165) is 22.6 Å². The van der Waals surface area contributed by atoms with E-state index in [1.54, 1.807) is 0 Å². The first-order valence-electron chi connectivity index (χ1n) is 9.85. The number of nitrogens with zero attached hydrogens (tertiary/aromatic N) is 2. The molecule has 0 amide bonds. The van der Waals surface area contributed by atoms with Crippen LogP contribution in [0.25, 0.3) is 21.8 Å². The van der Waals surface area contributed by atoms with Gasteiger partial charge in [0.25, 0.3) is 0 Å². The molecule has 146 valence electrons. The molecule has 1 heterocycles. The molecule has 0 aliphatic rings. The number of aryl methyl sites for hydroxylation is 2. The SMILES string of the molecule is CCC(C)C.Cc1cccc2ccccc12.Cc1nc2ccccc2nc1N. The maximum Gasteiger partial charge on any atom is 0.145 e. The first-order valence-corrected chi connectivity index (χ1v) is 9.85. The summed E-state index contributed by atoms with van der Waals surface area (Å²) in [6, 6.07) is 22.5. The molecule has 3 heteroatoms. The van der Waals surface area contributed by atoms with Crippen LogP contribution in [-0.2, 0) is 0 Å². The predicted molar refractivity (Wildman–Crippen MR) is 123 cm³/mol. The van der Waals surface area contributed by atoms with Crippen molar-refractivity contribution in [2.75, 3.05) is 5.73 Å². The first kappa shape index (κ1) is 21.4. The van der Waals surface area contributed by atoms with E-state index in [9.17, 15) is 0 Å². The lowest BCUT2D eigenvalue weighted by Crippen LogP contribution is -1.97. The Morgan fingerprint density at radius 2 is 1.32 bits per heavy atom. The fourth-order valence-corrected chi connectivity index (χ4v) is 2.49. The number of fused-ring (bicyclic) bond motifs is 2. The van der Waals surface area contributed by atoms with Gasteiger partial charge in [-0.05, 0) is 48.2 Å². The minimum absolute atomic E-state index is 0.508. The lowest BCUT2D eigenvalue weighted by molar-refractivity contribution is 0.626. The number of anilines is 1. The van der Waals surface area contributed by atoms with E-state index in [1.165, 1.54) is 22.8 Å². The molecule has 2 N–H and O–H groups in total. The van der Waals surface area contributed by atoms with Crippen LogP contribution in [0.3, 0.4) is 0 Å². The maximum absolute atomic E-state index is 5.61. The molecule has 4 aromatic rings. The molecule has 0 radical (unpaired) electrons. The van der Waals surface area contributed by atoms with Crippen LogP contribution < -0.4 is 5.73 Å². The Bertz CT molecular complexity index is 977. The quantitative estimate of drug-likeness (QED) is 0.403. The zero-order chi connectivity index (χ0) is 20.5. The molecule has 28 heavy (non-hydrogen) atoms. The van der Waals surface area contributed by atoms with Gasteiger partial charge < -0.3 is 5.73 Å². The number of nitrogen functional groups attached to an aromatic ring is 1. The lowest BCUT2D eigenvalue weighted by Gasteiger charge is -2.00. The minimum atomic E-state index is 0.508. The van der Waals surface area contributed by atoms with Crippen molar-refractivity contribution in [1.82, 2.24) is 9.97 Å². The van der Waals surface area contributed by atoms with Gasteiger partial charge in [-0.15, -0.1) is 0 Å². The highest BCUT2D eigenvalue weighted by Crippen LogP contribution is 2.16. The van der Waals surface area contributed by atoms with Crippen LogP contribution in [0.15, 0.2) is 66.7 Å². The van der Waals surface area contributed by atoms with Crippen molar-refractivity contribution in [2.24, 2.45) is 5.92 Å². The summed E-state index contributed by atoms with van der Waals surface area (Å²) in [7, 11) is 0. The van der Waals surface area contributed by atoms with Crippen molar-refractivity contribution in [3.05, 3.63) is 78.0 Å². The van der Waals surface area contributed by atoms with E-state index in [1.807, 2.05) is 31.2 Å². The third kappa shape index (κ3) is 6.05. The Morgan fingerprint density at radius 1 is 0.786 bits per heavy atom. The predicted octanol–water partition coefficient (Wildman–Crippen LogP) is 6.72. The maximum atomic E-state index is 5.61. The van der Waals surface area contributed by atoms with E-state index in [2.05, 4.69) is 80.1 Å². The summed E-state index contributed by atoms with van der Waals surface area (Å²) in [5, 5.41) is 2.68. The number of hydrogen-bond donors (Lipinski definition) is 1. The second-order valence-corrected chi connectivity index (χ2v) is 7.28. The summed E-state index contributed by atoms with van der Waals surface area (Å²) in [5.74, 6) is 1.39. The highest BCUT2D eigenvalue weighted by atomic mass is 14.9. The number of aromatic nitrogens is 2. The van der Waals surface area contributed by atoms with Crippen LogP contribution in [0.2, 0.25) is 0 Å². The van der Waals surface area contributed by atoms with Crippen molar-refractivity contribution in [2.45, 2.75) is 41.0 Å². The molecule has 0 fully saturated rings. The van der Waals surface area contributed by atoms with Gasteiger partial charge in [0.1, 0.15) is 5.82 Å². The molecule has 3 aromatic carbocycles. The zero-order valence-corrected chi connectivity index (χ0v) is 17.6. The van der Waals surface area contributed by atoms with Gasteiger partial charge in [-0.25, -0.2) is 9.97 Å². The number of rotatable bonds is 1. The average Bonchev–Trinajstić information content (AvgIpc) is 2.70. The van der Waals surface area contributed by atoms with E-state index in [4.69, 9.17) is 5.73 Å². The normalized spacial score (nSPS) is 10.2. The summed E-state index contributed by atoms with van der Waals surface area (Å²) in [4.78, 5) is 8.48. The van der Waals surface area contributed by atoms with Gasteiger partial charge >= 0.3 is 0 Å².